The van der Waals surface area contributed by atoms with Crippen LogP contribution in [0.2, 0.25) is 0 Å². The lowest BCUT2D eigenvalue weighted by Gasteiger charge is -2.19. The zero-order chi connectivity index (χ0) is 15.8. The second kappa shape index (κ2) is 8.28. The van der Waals surface area contributed by atoms with Crippen molar-refractivity contribution in [2.24, 2.45) is 11.8 Å². The number of imidazole rings is 1. The van der Waals surface area contributed by atoms with Gasteiger partial charge in [-0.15, -0.1) is 0 Å². The molecule has 1 unspecified atom stereocenters. The first-order chi connectivity index (χ1) is 9.88. The third kappa shape index (κ3) is 6.78. The molecule has 0 aliphatic heterocycles. The largest absolute Gasteiger partial charge is 0.481 e. The smallest absolute Gasteiger partial charge is 0.315 e. The molecule has 0 bridgehead atoms. The zero-order valence-electron chi connectivity index (χ0n) is 12.7. The number of aromatic nitrogens is 2. The van der Waals surface area contributed by atoms with Crippen molar-refractivity contribution in [2.75, 3.05) is 6.54 Å². The number of nitrogens with zero attached hydrogens (tertiary/aromatic N) is 1. The number of urea groups is 1. The molecule has 0 aromatic carbocycles. The third-order valence-electron chi connectivity index (χ3n) is 3.10. The van der Waals surface area contributed by atoms with Gasteiger partial charge in [0.2, 0.25) is 0 Å². The summed E-state index contributed by atoms with van der Waals surface area (Å²) in [5.74, 6) is 0.162. The number of carboxylic acids is 1. The molecule has 118 valence electrons. The van der Waals surface area contributed by atoms with E-state index in [0.29, 0.717) is 18.3 Å². The van der Waals surface area contributed by atoms with Crippen LogP contribution in [0.1, 0.15) is 45.5 Å². The Balaban J connectivity index is 2.40. The van der Waals surface area contributed by atoms with Crippen LogP contribution in [0.3, 0.4) is 0 Å². The van der Waals surface area contributed by atoms with Crippen LogP contribution in [0.5, 0.6) is 0 Å². The average Bonchev–Trinajstić information content (AvgIpc) is 2.88. The number of amides is 2. The monoisotopic (exact) mass is 296 g/mol. The molecule has 0 radical (unpaired) electrons. The van der Waals surface area contributed by atoms with Gasteiger partial charge in [0, 0.05) is 25.4 Å². The summed E-state index contributed by atoms with van der Waals surface area (Å²) in [6, 6.07) is -0.555. The molecule has 0 saturated heterocycles. The number of H-pyrrole nitrogens is 1. The Morgan fingerprint density at radius 1 is 1.38 bits per heavy atom. The second-order valence-electron chi connectivity index (χ2n) is 5.64. The van der Waals surface area contributed by atoms with Gasteiger partial charge >= 0.3 is 12.0 Å². The third-order valence-corrected chi connectivity index (χ3v) is 3.10. The Hall–Kier alpha value is -2.05. The first-order valence-electron chi connectivity index (χ1n) is 7.14. The van der Waals surface area contributed by atoms with Gasteiger partial charge in [-0.1, -0.05) is 13.8 Å². The molecule has 1 rings (SSSR count). The van der Waals surface area contributed by atoms with Crippen molar-refractivity contribution in [3.8, 4) is 0 Å². The number of aromatic amines is 1. The van der Waals surface area contributed by atoms with Crippen LogP contribution in [-0.4, -0.2) is 33.6 Å². The first kappa shape index (κ1) is 17.0. The topological polar surface area (TPSA) is 107 Å². The second-order valence-corrected chi connectivity index (χ2v) is 5.64. The lowest BCUT2D eigenvalue weighted by molar-refractivity contribution is -0.138. The number of hydrogen-bond donors (Lipinski definition) is 4. The molecule has 1 heterocycles. The van der Waals surface area contributed by atoms with E-state index in [4.69, 9.17) is 5.11 Å². The summed E-state index contributed by atoms with van der Waals surface area (Å²) in [6.07, 6.45) is 4.14. The van der Waals surface area contributed by atoms with E-state index in [2.05, 4.69) is 20.6 Å². The molecular weight excluding hydrogens is 272 g/mol. The summed E-state index contributed by atoms with van der Waals surface area (Å²) in [5, 5.41) is 14.4. The molecule has 21 heavy (non-hydrogen) atoms. The summed E-state index contributed by atoms with van der Waals surface area (Å²) in [4.78, 5) is 29.6. The minimum absolute atomic E-state index is 0.0617. The van der Waals surface area contributed by atoms with Crippen molar-refractivity contribution in [3.05, 3.63) is 18.2 Å². The summed E-state index contributed by atoms with van der Waals surface area (Å²) < 4.78 is 0. The molecule has 2 amide bonds. The maximum absolute atomic E-state index is 11.8. The quantitative estimate of drug-likeness (QED) is 0.587. The lowest BCUT2D eigenvalue weighted by atomic mass is 9.94. The Bertz CT molecular complexity index is 445. The van der Waals surface area contributed by atoms with E-state index in [1.54, 1.807) is 12.4 Å². The van der Waals surface area contributed by atoms with E-state index in [1.165, 1.54) is 0 Å². The molecule has 4 N–H and O–H groups in total. The molecule has 7 nitrogen and oxygen atoms in total. The summed E-state index contributed by atoms with van der Waals surface area (Å²) >= 11 is 0. The van der Waals surface area contributed by atoms with Crippen LogP contribution < -0.4 is 10.6 Å². The highest BCUT2D eigenvalue weighted by molar-refractivity contribution is 5.74. The van der Waals surface area contributed by atoms with Crippen molar-refractivity contribution in [2.45, 2.75) is 39.7 Å². The number of rotatable bonds is 8. The average molecular weight is 296 g/mol. The number of nitrogens with one attached hydrogen (secondary N) is 3. The number of carboxylic acid groups (broad SMARTS) is 1. The van der Waals surface area contributed by atoms with Crippen LogP contribution in [0.15, 0.2) is 12.4 Å². The highest BCUT2D eigenvalue weighted by atomic mass is 16.4. The van der Waals surface area contributed by atoms with Crippen LogP contribution in [-0.2, 0) is 4.79 Å². The van der Waals surface area contributed by atoms with E-state index in [-0.39, 0.29) is 24.4 Å². The van der Waals surface area contributed by atoms with Gasteiger partial charge in [-0.2, -0.15) is 0 Å². The molecule has 0 fully saturated rings. The number of carbonyl (C=O) groups is 2. The zero-order valence-corrected chi connectivity index (χ0v) is 12.7. The van der Waals surface area contributed by atoms with Gasteiger partial charge in [0.25, 0.3) is 0 Å². The lowest BCUT2D eigenvalue weighted by Crippen LogP contribution is -2.40. The van der Waals surface area contributed by atoms with Gasteiger partial charge in [-0.05, 0) is 25.2 Å². The molecule has 0 saturated carbocycles. The Kier molecular flexibility index (Phi) is 6.71. The van der Waals surface area contributed by atoms with E-state index in [1.807, 2.05) is 20.8 Å². The molecule has 2 atom stereocenters. The summed E-state index contributed by atoms with van der Waals surface area (Å²) in [6.45, 7) is 6.24. The molecule has 1 aromatic heterocycles. The molecule has 1 aromatic rings. The number of carbonyl (C=O) groups excluding carboxylic acids is 1. The normalized spacial score (nSPS) is 13.7. The van der Waals surface area contributed by atoms with Crippen molar-refractivity contribution >= 4 is 12.0 Å². The van der Waals surface area contributed by atoms with Crippen molar-refractivity contribution in [1.82, 2.24) is 20.6 Å². The minimum Gasteiger partial charge on any atom is -0.481 e. The maximum Gasteiger partial charge on any atom is 0.315 e. The van der Waals surface area contributed by atoms with Gasteiger partial charge in [0.15, 0.2) is 0 Å². The molecular formula is C14H24N4O3. The summed E-state index contributed by atoms with van der Waals surface area (Å²) in [7, 11) is 0. The minimum atomic E-state index is -0.841. The van der Waals surface area contributed by atoms with E-state index < -0.39 is 5.97 Å². The number of aliphatic carboxylic acids is 1. The Morgan fingerprint density at radius 3 is 2.62 bits per heavy atom. The van der Waals surface area contributed by atoms with Crippen molar-refractivity contribution in [1.29, 1.82) is 0 Å². The van der Waals surface area contributed by atoms with Crippen LogP contribution >= 0.6 is 0 Å². The van der Waals surface area contributed by atoms with Crippen LogP contribution in [0.25, 0.3) is 0 Å². The highest BCUT2D eigenvalue weighted by Gasteiger charge is 2.17. The van der Waals surface area contributed by atoms with Gasteiger partial charge < -0.3 is 20.7 Å². The van der Waals surface area contributed by atoms with Gasteiger partial charge in [0.05, 0.1) is 6.04 Å². The molecule has 0 spiro atoms. The standard InChI is InChI=1S/C14H24N4O3/c1-9(2)6-11(7-12(19)20)8-17-14(21)18-10(3)13-15-4-5-16-13/h4-5,9-11H,6-8H2,1-3H3,(H,15,16)(H,19,20)(H2,17,18,21)/t10?,11-/m0/s1. The van der Waals surface area contributed by atoms with E-state index in [0.717, 1.165) is 6.42 Å². The maximum atomic E-state index is 11.8. The van der Waals surface area contributed by atoms with Gasteiger partial charge in [0.1, 0.15) is 5.82 Å². The van der Waals surface area contributed by atoms with Crippen molar-refractivity contribution < 1.29 is 14.7 Å². The Morgan fingerprint density at radius 2 is 2.10 bits per heavy atom. The van der Waals surface area contributed by atoms with E-state index in [9.17, 15) is 9.59 Å². The summed E-state index contributed by atoms with van der Waals surface area (Å²) in [5.41, 5.74) is 0. The molecule has 0 aliphatic carbocycles. The van der Waals surface area contributed by atoms with Crippen LogP contribution in [0, 0.1) is 11.8 Å². The van der Waals surface area contributed by atoms with Crippen LogP contribution in [0.4, 0.5) is 4.79 Å². The predicted molar refractivity (Wildman–Crippen MR) is 78.7 cm³/mol. The van der Waals surface area contributed by atoms with Crippen molar-refractivity contribution in [3.63, 3.8) is 0 Å². The predicted octanol–water partition coefficient (Wildman–Crippen LogP) is 1.91. The first-order valence-corrected chi connectivity index (χ1v) is 7.14. The van der Waals surface area contributed by atoms with Gasteiger partial charge in [-0.25, -0.2) is 9.78 Å². The fraction of sp³-hybridized carbons (Fsp3) is 0.643. The van der Waals surface area contributed by atoms with Gasteiger partial charge in [-0.3, -0.25) is 4.79 Å². The fourth-order valence-corrected chi connectivity index (χ4v) is 2.22. The molecule has 7 heteroatoms. The van der Waals surface area contributed by atoms with E-state index >= 15 is 0 Å². The SMILES string of the molecule is CC(C)C[C@H](CNC(=O)NC(C)c1ncc[nH]1)CC(=O)O. The fourth-order valence-electron chi connectivity index (χ4n) is 2.22. The number of hydrogen-bond acceptors (Lipinski definition) is 3. The molecule has 0 aliphatic rings. The highest BCUT2D eigenvalue weighted by Crippen LogP contribution is 2.14. The Labute approximate surface area is 124 Å².